The standard InChI is InChI=1S/C13H20N2OS2/c1-4-13(2,11(14)17)12(16)15(3)8-7-10-6-5-9-18-10/h5-6,9H,4,7-8H2,1-3H3,(H2,14,17). The molecule has 0 fully saturated rings. The monoisotopic (exact) mass is 284 g/mol. The Balaban J connectivity index is 2.63. The molecule has 5 heteroatoms. The van der Waals surface area contributed by atoms with Crippen LogP contribution in [-0.4, -0.2) is 29.4 Å². The highest BCUT2D eigenvalue weighted by molar-refractivity contribution is 7.80. The van der Waals surface area contributed by atoms with E-state index in [1.807, 2.05) is 32.3 Å². The van der Waals surface area contributed by atoms with Gasteiger partial charge in [0, 0.05) is 18.5 Å². The molecule has 0 aliphatic heterocycles. The molecule has 18 heavy (non-hydrogen) atoms. The number of hydrogen-bond donors (Lipinski definition) is 1. The third-order valence-electron chi connectivity index (χ3n) is 3.34. The van der Waals surface area contributed by atoms with E-state index >= 15 is 0 Å². The zero-order valence-corrected chi connectivity index (χ0v) is 12.7. The number of nitrogens with two attached hydrogens (primary N) is 1. The number of thiophene rings is 1. The van der Waals surface area contributed by atoms with Gasteiger partial charge >= 0.3 is 0 Å². The maximum absolute atomic E-state index is 12.4. The molecular weight excluding hydrogens is 264 g/mol. The topological polar surface area (TPSA) is 46.3 Å². The van der Waals surface area contributed by atoms with Crippen LogP contribution >= 0.6 is 23.6 Å². The molecule has 0 saturated carbocycles. The summed E-state index contributed by atoms with van der Waals surface area (Å²) in [5.41, 5.74) is 4.97. The number of nitrogens with zero attached hydrogens (tertiary/aromatic N) is 1. The molecule has 1 unspecified atom stereocenters. The number of hydrogen-bond acceptors (Lipinski definition) is 3. The highest BCUT2D eigenvalue weighted by atomic mass is 32.1. The molecule has 3 nitrogen and oxygen atoms in total. The van der Waals surface area contributed by atoms with Crippen molar-refractivity contribution in [3.63, 3.8) is 0 Å². The second-order valence-corrected chi connectivity index (χ2v) is 6.08. The van der Waals surface area contributed by atoms with Crippen molar-refractivity contribution in [2.24, 2.45) is 11.1 Å². The van der Waals surface area contributed by atoms with E-state index < -0.39 is 5.41 Å². The highest BCUT2D eigenvalue weighted by Crippen LogP contribution is 2.24. The summed E-state index contributed by atoms with van der Waals surface area (Å²) in [6.07, 6.45) is 1.50. The molecule has 1 atom stereocenters. The SMILES string of the molecule is CCC(C)(C(=O)N(C)CCc1cccs1)C(N)=S. The summed E-state index contributed by atoms with van der Waals surface area (Å²) in [7, 11) is 1.81. The summed E-state index contributed by atoms with van der Waals surface area (Å²) < 4.78 is 0. The summed E-state index contributed by atoms with van der Waals surface area (Å²) in [6.45, 7) is 4.45. The van der Waals surface area contributed by atoms with E-state index in [0.29, 0.717) is 13.0 Å². The van der Waals surface area contributed by atoms with Gasteiger partial charge in [-0.2, -0.15) is 0 Å². The molecule has 0 radical (unpaired) electrons. The van der Waals surface area contributed by atoms with Crippen molar-refractivity contribution in [3.8, 4) is 0 Å². The third kappa shape index (κ3) is 3.29. The maximum Gasteiger partial charge on any atom is 0.235 e. The number of carbonyl (C=O) groups is 1. The lowest BCUT2D eigenvalue weighted by molar-refractivity contribution is -0.136. The van der Waals surface area contributed by atoms with Crippen molar-refractivity contribution in [3.05, 3.63) is 22.4 Å². The van der Waals surface area contributed by atoms with Gasteiger partial charge in [-0.15, -0.1) is 11.3 Å². The molecule has 0 aromatic carbocycles. The van der Waals surface area contributed by atoms with Gasteiger partial charge in [-0.05, 0) is 31.2 Å². The van der Waals surface area contributed by atoms with E-state index in [2.05, 4.69) is 6.07 Å². The zero-order chi connectivity index (χ0) is 13.8. The quantitative estimate of drug-likeness (QED) is 0.816. The third-order valence-corrected chi connectivity index (χ3v) is 4.73. The lowest BCUT2D eigenvalue weighted by atomic mass is 9.86. The van der Waals surface area contributed by atoms with Crippen LogP contribution in [0.25, 0.3) is 0 Å². The summed E-state index contributed by atoms with van der Waals surface area (Å²) in [5, 5.41) is 2.04. The molecule has 0 bridgehead atoms. The molecule has 2 N–H and O–H groups in total. The Hall–Kier alpha value is -0.940. The molecule has 1 amide bonds. The lowest BCUT2D eigenvalue weighted by Gasteiger charge is -2.30. The smallest absolute Gasteiger partial charge is 0.235 e. The van der Waals surface area contributed by atoms with Gasteiger partial charge in [-0.1, -0.05) is 25.2 Å². The molecule has 0 aliphatic rings. The summed E-state index contributed by atoms with van der Waals surface area (Å²) in [5.74, 6) is 0.00839. The van der Waals surface area contributed by atoms with Crippen molar-refractivity contribution in [2.45, 2.75) is 26.7 Å². The van der Waals surface area contributed by atoms with Crippen LogP contribution in [-0.2, 0) is 11.2 Å². The molecule has 1 aromatic heterocycles. The minimum absolute atomic E-state index is 0.00839. The second kappa shape index (κ2) is 6.29. The number of amides is 1. The van der Waals surface area contributed by atoms with Crippen LogP contribution in [0.4, 0.5) is 0 Å². The van der Waals surface area contributed by atoms with Gasteiger partial charge < -0.3 is 10.6 Å². The van der Waals surface area contributed by atoms with E-state index in [1.54, 1.807) is 16.2 Å². The molecule has 1 rings (SSSR count). The Bertz CT molecular complexity index is 417. The average molecular weight is 284 g/mol. The summed E-state index contributed by atoms with van der Waals surface area (Å²) >= 11 is 6.73. The fourth-order valence-corrected chi connectivity index (χ4v) is 2.62. The van der Waals surface area contributed by atoms with Crippen molar-refractivity contribution in [2.75, 3.05) is 13.6 Å². The summed E-state index contributed by atoms with van der Waals surface area (Å²) in [4.78, 5) is 15.6. The first-order chi connectivity index (χ1) is 8.41. The Kier molecular flexibility index (Phi) is 5.28. The Morgan fingerprint density at radius 2 is 2.28 bits per heavy atom. The Labute approximate surface area is 118 Å². The van der Waals surface area contributed by atoms with Crippen molar-refractivity contribution in [1.82, 2.24) is 4.90 Å². The van der Waals surface area contributed by atoms with Gasteiger partial charge in [0.25, 0.3) is 0 Å². The van der Waals surface area contributed by atoms with Gasteiger partial charge in [-0.3, -0.25) is 4.79 Å². The molecule has 1 heterocycles. The minimum Gasteiger partial charge on any atom is -0.392 e. The van der Waals surface area contributed by atoms with E-state index in [9.17, 15) is 4.79 Å². The fraction of sp³-hybridized carbons (Fsp3) is 0.538. The molecule has 0 aliphatic carbocycles. The van der Waals surface area contributed by atoms with E-state index in [4.69, 9.17) is 18.0 Å². The number of likely N-dealkylation sites (N-methyl/N-ethyl adjacent to an activating group) is 1. The van der Waals surface area contributed by atoms with Gasteiger partial charge in [0.1, 0.15) is 0 Å². The average Bonchev–Trinajstić information content (AvgIpc) is 2.86. The van der Waals surface area contributed by atoms with Crippen LogP contribution in [0.15, 0.2) is 17.5 Å². The molecule has 1 aromatic rings. The fourth-order valence-electron chi connectivity index (χ4n) is 1.69. The molecular formula is C13H20N2OS2. The van der Waals surface area contributed by atoms with Gasteiger partial charge in [0.05, 0.1) is 10.4 Å². The molecule has 100 valence electrons. The van der Waals surface area contributed by atoms with Gasteiger partial charge in [0.2, 0.25) is 5.91 Å². The number of thiocarbonyl (C=S) groups is 1. The van der Waals surface area contributed by atoms with Crippen LogP contribution in [0.2, 0.25) is 0 Å². The van der Waals surface area contributed by atoms with Crippen LogP contribution in [0, 0.1) is 5.41 Å². The maximum atomic E-state index is 12.4. The number of carbonyl (C=O) groups excluding carboxylic acids is 1. The van der Waals surface area contributed by atoms with E-state index in [0.717, 1.165) is 6.42 Å². The highest BCUT2D eigenvalue weighted by Gasteiger charge is 2.36. The Morgan fingerprint density at radius 1 is 1.61 bits per heavy atom. The zero-order valence-electron chi connectivity index (χ0n) is 11.1. The first kappa shape index (κ1) is 15.1. The van der Waals surface area contributed by atoms with Crippen molar-refractivity contribution in [1.29, 1.82) is 0 Å². The van der Waals surface area contributed by atoms with Crippen LogP contribution in [0.1, 0.15) is 25.1 Å². The largest absolute Gasteiger partial charge is 0.392 e. The van der Waals surface area contributed by atoms with E-state index in [1.165, 1.54) is 4.88 Å². The van der Waals surface area contributed by atoms with Gasteiger partial charge in [-0.25, -0.2) is 0 Å². The number of rotatable bonds is 6. The van der Waals surface area contributed by atoms with Crippen LogP contribution in [0.5, 0.6) is 0 Å². The minimum atomic E-state index is -0.723. The predicted molar refractivity (Wildman–Crippen MR) is 80.8 cm³/mol. The van der Waals surface area contributed by atoms with Crippen LogP contribution < -0.4 is 5.73 Å². The molecule has 0 saturated heterocycles. The van der Waals surface area contributed by atoms with Crippen LogP contribution in [0.3, 0.4) is 0 Å². The second-order valence-electron chi connectivity index (χ2n) is 4.61. The lowest BCUT2D eigenvalue weighted by Crippen LogP contribution is -2.47. The van der Waals surface area contributed by atoms with E-state index in [-0.39, 0.29) is 10.9 Å². The Morgan fingerprint density at radius 3 is 2.72 bits per heavy atom. The predicted octanol–water partition coefficient (Wildman–Crippen LogP) is 2.45. The normalized spacial score (nSPS) is 13.9. The van der Waals surface area contributed by atoms with Crippen molar-refractivity contribution < 1.29 is 4.79 Å². The molecule has 0 spiro atoms. The van der Waals surface area contributed by atoms with Crippen molar-refractivity contribution >= 4 is 34.5 Å². The first-order valence-electron chi connectivity index (χ1n) is 5.99. The van der Waals surface area contributed by atoms with Gasteiger partial charge in [0.15, 0.2) is 0 Å². The first-order valence-corrected chi connectivity index (χ1v) is 7.28. The summed E-state index contributed by atoms with van der Waals surface area (Å²) in [6, 6.07) is 4.10.